The summed E-state index contributed by atoms with van der Waals surface area (Å²) < 4.78 is 13.7. The van der Waals surface area contributed by atoms with Gasteiger partial charge in [-0.1, -0.05) is 25.1 Å². The minimum atomic E-state index is -0.186. The Labute approximate surface area is 105 Å². The molecule has 0 radical (unpaired) electrons. The van der Waals surface area contributed by atoms with Gasteiger partial charge in [-0.3, -0.25) is 0 Å². The van der Waals surface area contributed by atoms with Crippen LogP contribution in [0, 0.1) is 12.7 Å². The highest BCUT2D eigenvalue weighted by Gasteiger charge is 2.12. The zero-order valence-corrected chi connectivity index (χ0v) is 10.8. The highest BCUT2D eigenvalue weighted by Crippen LogP contribution is 2.31. The fraction of sp³-hybridized carbons (Fsp3) is 0.308. The second-order valence-corrected chi connectivity index (χ2v) is 4.87. The second-order valence-electron chi connectivity index (χ2n) is 3.78. The van der Waals surface area contributed by atoms with Crippen LogP contribution >= 0.6 is 11.3 Å². The SMILES string of the molecule is CCNCc1nc(C)c(-c2ccccc2F)s1. The van der Waals surface area contributed by atoms with Crippen molar-refractivity contribution in [2.45, 2.75) is 20.4 Å². The molecule has 0 amide bonds. The van der Waals surface area contributed by atoms with Gasteiger partial charge in [0.05, 0.1) is 10.6 Å². The number of hydrogen-bond acceptors (Lipinski definition) is 3. The molecule has 0 saturated heterocycles. The number of rotatable bonds is 4. The van der Waals surface area contributed by atoms with Gasteiger partial charge in [0.2, 0.25) is 0 Å². The topological polar surface area (TPSA) is 24.9 Å². The summed E-state index contributed by atoms with van der Waals surface area (Å²) in [6.45, 7) is 5.63. The van der Waals surface area contributed by atoms with E-state index in [1.165, 1.54) is 6.07 Å². The van der Waals surface area contributed by atoms with Crippen LogP contribution in [0.5, 0.6) is 0 Å². The standard InChI is InChI=1S/C13H15FN2S/c1-3-15-8-12-16-9(2)13(17-12)10-6-4-5-7-11(10)14/h4-7,15H,3,8H2,1-2H3. The quantitative estimate of drug-likeness (QED) is 0.900. The molecule has 17 heavy (non-hydrogen) atoms. The van der Waals surface area contributed by atoms with Crippen LogP contribution in [0.3, 0.4) is 0 Å². The third-order valence-corrected chi connectivity index (χ3v) is 3.68. The van der Waals surface area contributed by atoms with Gasteiger partial charge in [-0.15, -0.1) is 11.3 Å². The van der Waals surface area contributed by atoms with Crippen molar-refractivity contribution in [3.8, 4) is 10.4 Å². The van der Waals surface area contributed by atoms with Gasteiger partial charge < -0.3 is 5.32 Å². The number of aromatic nitrogens is 1. The fourth-order valence-electron chi connectivity index (χ4n) is 1.66. The van der Waals surface area contributed by atoms with Gasteiger partial charge in [-0.2, -0.15) is 0 Å². The van der Waals surface area contributed by atoms with Gasteiger partial charge in [0.25, 0.3) is 0 Å². The van der Waals surface area contributed by atoms with Gasteiger partial charge >= 0.3 is 0 Å². The highest BCUT2D eigenvalue weighted by molar-refractivity contribution is 7.15. The maximum Gasteiger partial charge on any atom is 0.131 e. The van der Waals surface area contributed by atoms with Crippen molar-refractivity contribution in [1.29, 1.82) is 0 Å². The Morgan fingerprint density at radius 1 is 1.35 bits per heavy atom. The summed E-state index contributed by atoms with van der Waals surface area (Å²) in [4.78, 5) is 5.38. The Morgan fingerprint density at radius 3 is 2.82 bits per heavy atom. The Balaban J connectivity index is 2.33. The molecule has 0 unspecified atom stereocenters. The number of thiazole rings is 1. The molecule has 0 fully saturated rings. The van der Waals surface area contributed by atoms with Gasteiger partial charge in [0, 0.05) is 12.1 Å². The lowest BCUT2D eigenvalue weighted by Gasteiger charge is -1.99. The predicted octanol–water partition coefficient (Wildman–Crippen LogP) is 3.37. The normalized spacial score (nSPS) is 10.8. The van der Waals surface area contributed by atoms with Crippen molar-refractivity contribution < 1.29 is 4.39 Å². The van der Waals surface area contributed by atoms with E-state index in [1.807, 2.05) is 13.0 Å². The van der Waals surface area contributed by atoms with E-state index in [9.17, 15) is 4.39 Å². The number of benzene rings is 1. The molecule has 4 heteroatoms. The van der Waals surface area contributed by atoms with Crippen molar-refractivity contribution in [2.24, 2.45) is 0 Å². The molecule has 0 saturated carbocycles. The first kappa shape index (κ1) is 12.2. The van der Waals surface area contributed by atoms with Crippen LogP contribution in [0.1, 0.15) is 17.6 Å². The van der Waals surface area contributed by atoms with E-state index in [1.54, 1.807) is 23.5 Å². The molecule has 0 aliphatic carbocycles. The Morgan fingerprint density at radius 2 is 2.12 bits per heavy atom. The van der Waals surface area contributed by atoms with E-state index < -0.39 is 0 Å². The smallest absolute Gasteiger partial charge is 0.131 e. The summed E-state index contributed by atoms with van der Waals surface area (Å²) in [5, 5.41) is 4.23. The lowest BCUT2D eigenvalue weighted by atomic mass is 10.1. The molecule has 0 aliphatic heterocycles. The number of hydrogen-bond donors (Lipinski definition) is 1. The average Bonchev–Trinajstić information content (AvgIpc) is 2.68. The van der Waals surface area contributed by atoms with Gasteiger partial charge in [0.1, 0.15) is 10.8 Å². The molecular formula is C13H15FN2S. The summed E-state index contributed by atoms with van der Waals surface area (Å²) in [6.07, 6.45) is 0. The molecule has 2 rings (SSSR count). The average molecular weight is 250 g/mol. The number of aryl methyl sites for hydroxylation is 1. The second kappa shape index (κ2) is 5.38. The first-order chi connectivity index (χ1) is 8.22. The predicted molar refractivity (Wildman–Crippen MR) is 69.6 cm³/mol. The Bertz CT molecular complexity index is 508. The van der Waals surface area contributed by atoms with E-state index in [2.05, 4.69) is 17.2 Å². The molecule has 0 spiro atoms. The number of nitrogens with zero attached hydrogens (tertiary/aromatic N) is 1. The maximum absolute atomic E-state index is 13.7. The summed E-state index contributed by atoms with van der Waals surface area (Å²) >= 11 is 1.55. The minimum Gasteiger partial charge on any atom is -0.311 e. The van der Waals surface area contributed by atoms with Gasteiger partial charge in [0.15, 0.2) is 0 Å². The van der Waals surface area contributed by atoms with Gasteiger partial charge in [-0.25, -0.2) is 9.37 Å². The molecule has 1 heterocycles. The lowest BCUT2D eigenvalue weighted by Crippen LogP contribution is -2.11. The molecule has 0 aliphatic rings. The molecule has 2 aromatic rings. The lowest BCUT2D eigenvalue weighted by molar-refractivity contribution is 0.631. The Kier molecular flexibility index (Phi) is 3.86. The molecule has 1 aromatic carbocycles. The molecule has 0 atom stereocenters. The highest BCUT2D eigenvalue weighted by atomic mass is 32.1. The third-order valence-electron chi connectivity index (χ3n) is 2.49. The van der Waals surface area contributed by atoms with Crippen molar-refractivity contribution in [2.75, 3.05) is 6.54 Å². The number of halogens is 1. The summed E-state index contributed by atoms with van der Waals surface area (Å²) in [5.41, 5.74) is 1.54. The zero-order valence-electron chi connectivity index (χ0n) is 9.96. The summed E-state index contributed by atoms with van der Waals surface area (Å²) in [5.74, 6) is -0.186. The first-order valence-electron chi connectivity index (χ1n) is 5.64. The number of nitrogens with one attached hydrogen (secondary N) is 1. The van der Waals surface area contributed by atoms with E-state index in [4.69, 9.17) is 0 Å². The molecule has 1 aromatic heterocycles. The van der Waals surface area contributed by atoms with Crippen LogP contribution in [0.15, 0.2) is 24.3 Å². The largest absolute Gasteiger partial charge is 0.311 e. The molecular weight excluding hydrogens is 235 g/mol. The fourth-order valence-corrected chi connectivity index (χ4v) is 2.72. The molecule has 0 bridgehead atoms. The van der Waals surface area contributed by atoms with Crippen LogP contribution in [0.25, 0.3) is 10.4 Å². The van der Waals surface area contributed by atoms with E-state index in [0.29, 0.717) is 5.56 Å². The van der Waals surface area contributed by atoms with Crippen LogP contribution in [0.2, 0.25) is 0 Å². The summed E-state index contributed by atoms with van der Waals surface area (Å²) in [7, 11) is 0. The van der Waals surface area contributed by atoms with E-state index >= 15 is 0 Å². The van der Waals surface area contributed by atoms with Crippen LogP contribution in [0.4, 0.5) is 4.39 Å². The summed E-state index contributed by atoms with van der Waals surface area (Å²) in [6, 6.07) is 6.83. The minimum absolute atomic E-state index is 0.186. The van der Waals surface area contributed by atoms with Crippen LogP contribution < -0.4 is 5.32 Å². The third kappa shape index (κ3) is 2.70. The zero-order chi connectivity index (χ0) is 12.3. The Hall–Kier alpha value is -1.26. The first-order valence-corrected chi connectivity index (χ1v) is 6.46. The van der Waals surface area contributed by atoms with Crippen molar-refractivity contribution >= 4 is 11.3 Å². The maximum atomic E-state index is 13.7. The molecule has 90 valence electrons. The molecule has 2 nitrogen and oxygen atoms in total. The molecule has 1 N–H and O–H groups in total. The van der Waals surface area contributed by atoms with Crippen LogP contribution in [-0.4, -0.2) is 11.5 Å². The van der Waals surface area contributed by atoms with Crippen molar-refractivity contribution in [3.05, 3.63) is 40.8 Å². The van der Waals surface area contributed by atoms with Crippen molar-refractivity contribution in [1.82, 2.24) is 10.3 Å². The van der Waals surface area contributed by atoms with E-state index in [0.717, 1.165) is 28.7 Å². The van der Waals surface area contributed by atoms with Crippen molar-refractivity contribution in [3.63, 3.8) is 0 Å². The van der Waals surface area contributed by atoms with Crippen LogP contribution in [-0.2, 0) is 6.54 Å². The van der Waals surface area contributed by atoms with E-state index in [-0.39, 0.29) is 5.82 Å². The van der Waals surface area contributed by atoms with Gasteiger partial charge in [-0.05, 0) is 19.5 Å². The monoisotopic (exact) mass is 250 g/mol.